The van der Waals surface area contributed by atoms with Crippen LogP contribution in [0.25, 0.3) is 6.08 Å². The summed E-state index contributed by atoms with van der Waals surface area (Å²) < 4.78 is 32.1. The third-order valence-corrected chi connectivity index (χ3v) is 7.26. The molecule has 1 N–H and O–H groups in total. The SMILES string of the molecule is O=C(c1ccc(S(=O)(=O)O)cc1)N1N=C2/C(=C/c3ccccc3)CCC[C@H]2[C@@H]1c1ccccc1. The van der Waals surface area contributed by atoms with Gasteiger partial charge >= 0.3 is 0 Å². The Hall–Kier alpha value is -3.55. The van der Waals surface area contributed by atoms with E-state index < -0.39 is 10.1 Å². The number of fused-ring (bicyclic) bond motifs is 1. The molecule has 0 saturated heterocycles. The molecule has 2 aliphatic rings. The molecular weight excluding hydrogens is 448 g/mol. The summed E-state index contributed by atoms with van der Waals surface area (Å²) in [5.41, 5.74) is 4.50. The summed E-state index contributed by atoms with van der Waals surface area (Å²) in [7, 11) is -4.33. The molecule has 1 amide bonds. The highest BCUT2D eigenvalue weighted by molar-refractivity contribution is 7.85. The van der Waals surface area contributed by atoms with Gasteiger partial charge in [0.15, 0.2) is 0 Å². The Kier molecular flexibility index (Phi) is 5.89. The van der Waals surface area contributed by atoms with Gasteiger partial charge in [0.1, 0.15) is 0 Å². The number of carbonyl (C=O) groups is 1. The maximum atomic E-state index is 13.6. The van der Waals surface area contributed by atoms with Crippen molar-refractivity contribution in [1.82, 2.24) is 5.01 Å². The quantitative estimate of drug-likeness (QED) is 0.517. The third kappa shape index (κ3) is 4.32. The topological polar surface area (TPSA) is 87.0 Å². The normalized spacial score (nSPS) is 21.3. The number of hydrogen-bond acceptors (Lipinski definition) is 4. The molecule has 0 unspecified atom stereocenters. The molecule has 1 aliphatic heterocycles. The number of rotatable bonds is 4. The van der Waals surface area contributed by atoms with Gasteiger partial charge in [-0.15, -0.1) is 0 Å². The van der Waals surface area contributed by atoms with Crippen molar-refractivity contribution in [3.63, 3.8) is 0 Å². The predicted octanol–water partition coefficient (Wildman–Crippen LogP) is 5.37. The van der Waals surface area contributed by atoms with E-state index in [-0.39, 0.29) is 22.8 Å². The minimum absolute atomic E-state index is 0.0761. The molecule has 0 aromatic heterocycles. The first-order valence-electron chi connectivity index (χ1n) is 11.2. The molecule has 1 heterocycles. The summed E-state index contributed by atoms with van der Waals surface area (Å²) in [6.45, 7) is 0. The van der Waals surface area contributed by atoms with Crippen molar-refractivity contribution >= 4 is 27.8 Å². The fourth-order valence-electron chi connectivity index (χ4n) is 4.80. The molecule has 0 bridgehead atoms. The van der Waals surface area contributed by atoms with Crippen LogP contribution in [0.15, 0.2) is 100 Å². The van der Waals surface area contributed by atoms with E-state index in [1.165, 1.54) is 24.3 Å². The lowest BCUT2D eigenvalue weighted by atomic mass is 9.77. The summed E-state index contributed by atoms with van der Waals surface area (Å²) in [4.78, 5) is 13.3. The molecule has 0 spiro atoms. The van der Waals surface area contributed by atoms with Crippen LogP contribution in [0.4, 0.5) is 0 Å². The molecule has 2 atom stereocenters. The van der Waals surface area contributed by atoms with Crippen LogP contribution in [0.2, 0.25) is 0 Å². The standard InChI is InChI=1S/C27H24N2O4S/c30-27(21-14-16-23(17-15-21)34(31,32)33)29-26(20-10-5-2-6-11-20)24-13-7-12-22(25(24)28-29)18-19-8-3-1-4-9-19/h1-6,8-11,14-18,24,26H,7,12-13H2,(H,31,32,33)/b22-18+/t24-,26+/m1/s1. The van der Waals surface area contributed by atoms with E-state index in [0.717, 1.165) is 41.7 Å². The molecule has 7 heteroatoms. The number of allylic oxidation sites excluding steroid dienone is 1. The lowest BCUT2D eigenvalue weighted by Crippen LogP contribution is -2.31. The molecule has 34 heavy (non-hydrogen) atoms. The van der Waals surface area contributed by atoms with Crippen LogP contribution >= 0.6 is 0 Å². The van der Waals surface area contributed by atoms with Crippen LogP contribution in [0.5, 0.6) is 0 Å². The molecule has 172 valence electrons. The number of hydrogen-bond donors (Lipinski definition) is 1. The van der Waals surface area contributed by atoms with Gasteiger partial charge in [-0.2, -0.15) is 13.5 Å². The first-order chi connectivity index (χ1) is 16.4. The maximum Gasteiger partial charge on any atom is 0.294 e. The number of hydrazone groups is 1. The van der Waals surface area contributed by atoms with Crippen LogP contribution in [0, 0.1) is 5.92 Å². The fourth-order valence-corrected chi connectivity index (χ4v) is 5.28. The minimum atomic E-state index is -4.33. The summed E-state index contributed by atoms with van der Waals surface area (Å²) in [6, 6.07) is 25.0. The van der Waals surface area contributed by atoms with Gasteiger partial charge in [0, 0.05) is 11.5 Å². The molecule has 3 aromatic carbocycles. The highest BCUT2D eigenvalue weighted by atomic mass is 32.2. The molecule has 6 nitrogen and oxygen atoms in total. The van der Waals surface area contributed by atoms with E-state index in [0.29, 0.717) is 5.56 Å². The van der Waals surface area contributed by atoms with Gasteiger partial charge < -0.3 is 0 Å². The zero-order valence-corrected chi connectivity index (χ0v) is 19.2. The lowest BCUT2D eigenvalue weighted by Gasteiger charge is -2.29. The fraction of sp³-hybridized carbons (Fsp3) is 0.185. The molecule has 5 rings (SSSR count). The van der Waals surface area contributed by atoms with E-state index >= 15 is 0 Å². The second kappa shape index (κ2) is 9.00. The van der Waals surface area contributed by atoms with E-state index in [1.54, 1.807) is 5.01 Å². The Bertz CT molecular complexity index is 1370. The summed E-state index contributed by atoms with van der Waals surface area (Å²) in [5.74, 6) is -0.233. The van der Waals surface area contributed by atoms with Crippen molar-refractivity contribution in [2.24, 2.45) is 11.0 Å². The van der Waals surface area contributed by atoms with Crippen molar-refractivity contribution in [3.05, 3.63) is 107 Å². The minimum Gasteiger partial charge on any atom is -0.282 e. The van der Waals surface area contributed by atoms with E-state index in [9.17, 15) is 17.8 Å². The lowest BCUT2D eigenvalue weighted by molar-refractivity contribution is 0.0680. The Morgan fingerprint density at radius 3 is 2.24 bits per heavy atom. The van der Waals surface area contributed by atoms with Crippen LogP contribution in [0.3, 0.4) is 0 Å². The number of nitrogens with zero attached hydrogens (tertiary/aromatic N) is 2. The zero-order valence-electron chi connectivity index (χ0n) is 18.4. The number of carbonyl (C=O) groups excluding carboxylic acids is 1. The van der Waals surface area contributed by atoms with Crippen molar-refractivity contribution in [2.75, 3.05) is 0 Å². The summed E-state index contributed by atoms with van der Waals surface area (Å²) >= 11 is 0. The molecule has 1 fully saturated rings. The first kappa shape index (κ1) is 22.3. The van der Waals surface area contributed by atoms with Gasteiger partial charge in [-0.1, -0.05) is 60.7 Å². The van der Waals surface area contributed by atoms with Gasteiger partial charge in [-0.25, -0.2) is 5.01 Å². The first-order valence-corrected chi connectivity index (χ1v) is 12.7. The van der Waals surface area contributed by atoms with Crippen molar-refractivity contribution in [3.8, 4) is 0 Å². The van der Waals surface area contributed by atoms with E-state index in [2.05, 4.69) is 18.2 Å². The second-order valence-corrected chi connectivity index (χ2v) is 9.99. The van der Waals surface area contributed by atoms with Crippen molar-refractivity contribution in [2.45, 2.75) is 30.2 Å². The van der Waals surface area contributed by atoms with Gasteiger partial charge in [0.2, 0.25) is 0 Å². The Labute approximate surface area is 199 Å². The Balaban J connectivity index is 1.56. The molecular formula is C27H24N2O4S. The molecule has 3 aromatic rings. The smallest absolute Gasteiger partial charge is 0.282 e. The Morgan fingerprint density at radius 2 is 1.59 bits per heavy atom. The largest absolute Gasteiger partial charge is 0.294 e. The monoisotopic (exact) mass is 472 g/mol. The van der Waals surface area contributed by atoms with Gasteiger partial charge in [0.05, 0.1) is 16.6 Å². The molecule has 1 aliphatic carbocycles. The summed E-state index contributed by atoms with van der Waals surface area (Å²) in [6.07, 6.45) is 4.99. The van der Waals surface area contributed by atoms with Gasteiger partial charge in [0.25, 0.3) is 16.0 Å². The second-order valence-electron chi connectivity index (χ2n) is 8.57. The number of benzene rings is 3. The molecule has 1 saturated carbocycles. The Morgan fingerprint density at radius 1 is 0.941 bits per heavy atom. The van der Waals surface area contributed by atoms with Gasteiger partial charge in [-0.05, 0) is 66.3 Å². The van der Waals surface area contributed by atoms with Crippen LogP contribution in [-0.2, 0) is 10.1 Å². The van der Waals surface area contributed by atoms with Crippen LogP contribution in [0.1, 0.15) is 46.8 Å². The van der Waals surface area contributed by atoms with Crippen molar-refractivity contribution in [1.29, 1.82) is 0 Å². The van der Waals surface area contributed by atoms with Crippen LogP contribution < -0.4 is 0 Å². The number of amides is 1. The highest BCUT2D eigenvalue weighted by Gasteiger charge is 2.43. The van der Waals surface area contributed by atoms with E-state index in [4.69, 9.17) is 5.10 Å². The predicted molar refractivity (Wildman–Crippen MR) is 131 cm³/mol. The van der Waals surface area contributed by atoms with E-state index in [1.807, 2.05) is 48.5 Å². The van der Waals surface area contributed by atoms with Crippen LogP contribution in [-0.4, -0.2) is 29.6 Å². The maximum absolute atomic E-state index is 13.6. The average molecular weight is 473 g/mol. The zero-order chi connectivity index (χ0) is 23.7. The van der Waals surface area contributed by atoms with Gasteiger partial charge in [-0.3, -0.25) is 9.35 Å². The molecule has 0 radical (unpaired) electrons. The highest BCUT2D eigenvalue weighted by Crippen LogP contribution is 2.44. The van der Waals surface area contributed by atoms with Crippen molar-refractivity contribution < 1.29 is 17.8 Å². The summed E-state index contributed by atoms with van der Waals surface area (Å²) in [5, 5.41) is 6.40. The average Bonchev–Trinajstić information content (AvgIpc) is 3.25. The third-order valence-electron chi connectivity index (χ3n) is 6.39.